The number of nitrogens with zero attached hydrogens (tertiary/aromatic N) is 2. The average molecular weight is 241 g/mol. The van der Waals surface area contributed by atoms with Crippen molar-refractivity contribution in [3.05, 3.63) is 11.6 Å². The van der Waals surface area contributed by atoms with Crippen molar-refractivity contribution in [1.29, 1.82) is 0 Å². The molecule has 1 aliphatic heterocycles. The van der Waals surface area contributed by atoms with Crippen molar-refractivity contribution in [3.8, 4) is 0 Å². The number of carbonyl (C=O) groups excluding carboxylic acids is 1. The van der Waals surface area contributed by atoms with E-state index in [0.29, 0.717) is 30.9 Å². The quantitative estimate of drug-likeness (QED) is 0.850. The summed E-state index contributed by atoms with van der Waals surface area (Å²) in [7, 11) is 0. The Hall–Kier alpha value is -0.980. The molecule has 2 heterocycles. The molecule has 0 bridgehead atoms. The molecule has 16 heavy (non-hydrogen) atoms. The SMILES string of the molecule is C[C@@H]1COCCN1CC(=O)Nc1nccs1. The van der Waals surface area contributed by atoms with Crippen molar-refractivity contribution >= 4 is 22.4 Å². The Bertz CT molecular complexity index is 342. The summed E-state index contributed by atoms with van der Waals surface area (Å²) < 4.78 is 5.32. The molecule has 0 radical (unpaired) electrons. The minimum Gasteiger partial charge on any atom is -0.379 e. The second kappa shape index (κ2) is 5.38. The van der Waals surface area contributed by atoms with Crippen molar-refractivity contribution in [1.82, 2.24) is 9.88 Å². The predicted molar refractivity (Wildman–Crippen MR) is 62.6 cm³/mol. The van der Waals surface area contributed by atoms with Gasteiger partial charge < -0.3 is 10.1 Å². The van der Waals surface area contributed by atoms with Gasteiger partial charge in [0.2, 0.25) is 5.91 Å². The fourth-order valence-electron chi connectivity index (χ4n) is 1.62. The summed E-state index contributed by atoms with van der Waals surface area (Å²) in [6, 6.07) is 0.302. The maximum Gasteiger partial charge on any atom is 0.240 e. The maximum atomic E-state index is 11.7. The van der Waals surface area contributed by atoms with Crippen molar-refractivity contribution < 1.29 is 9.53 Å². The summed E-state index contributed by atoms with van der Waals surface area (Å²) in [4.78, 5) is 17.8. The van der Waals surface area contributed by atoms with E-state index in [9.17, 15) is 4.79 Å². The molecule has 1 atom stereocenters. The third-order valence-corrected chi connectivity index (χ3v) is 3.22. The number of carbonyl (C=O) groups is 1. The highest BCUT2D eigenvalue weighted by Crippen LogP contribution is 2.11. The van der Waals surface area contributed by atoms with Gasteiger partial charge in [0.1, 0.15) is 0 Å². The molecule has 1 aliphatic rings. The Balaban J connectivity index is 1.82. The summed E-state index contributed by atoms with van der Waals surface area (Å²) in [5, 5.41) is 5.27. The molecule has 88 valence electrons. The van der Waals surface area contributed by atoms with Gasteiger partial charge in [-0.3, -0.25) is 9.69 Å². The number of hydrogen-bond acceptors (Lipinski definition) is 5. The zero-order valence-electron chi connectivity index (χ0n) is 9.18. The molecule has 6 heteroatoms. The number of ether oxygens (including phenoxy) is 1. The molecule has 1 aromatic heterocycles. The molecule has 1 aromatic rings. The van der Waals surface area contributed by atoms with Crippen LogP contribution in [0, 0.1) is 0 Å². The molecule has 0 aromatic carbocycles. The van der Waals surface area contributed by atoms with Crippen LogP contribution in [0.4, 0.5) is 5.13 Å². The largest absolute Gasteiger partial charge is 0.379 e. The Labute approximate surface area is 98.4 Å². The number of aromatic nitrogens is 1. The summed E-state index contributed by atoms with van der Waals surface area (Å²) in [6.45, 7) is 4.69. The van der Waals surface area contributed by atoms with Gasteiger partial charge in [-0.1, -0.05) is 0 Å². The van der Waals surface area contributed by atoms with Gasteiger partial charge in [0.25, 0.3) is 0 Å². The van der Waals surface area contributed by atoms with Gasteiger partial charge in [-0.15, -0.1) is 11.3 Å². The maximum absolute atomic E-state index is 11.7. The first-order valence-corrected chi connectivity index (χ1v) is 6.15. The Kier molecular flexibility index (Phi) is 3.87. The number of anilines is 1. The van der Waals surface area contributed by atoms with Crippen LogP contribution in [0.1, 0.15) is 6.92 Å². The first-order chi connectivity index (χ1) is 7.75. The molecule has 1 amide bonds. The highest BCUT2D eigenvalue weighted by molar-refractivity contribution is 7.13. The van der Waals surface area contributed by atoms with E-state index in [1.165, 1.54) is 11.3 Å². The monoisotopic (exact) mass is 241 g/mol. The van der Waals surface area contributed by atoms with Crippen molar-refractivity contribution in [3.63, 3.8) is 0 Å². The number of rotatable bonds is 3. The molecule has 1 saturated heterocycles. The van der Waals surface area contributed by atoms with E-state index in [0.717, 1.165) is 6.54 Å². The number of thiazole rings is 1. The first-order valence-electron chi connectivity index (χ1n) is 5.27. The lowest BCUT2D eigenvalue weighted by atomic mass is 10.2. The Morgan fingerprint density at radius 3 is 3.38 bits per heavy atom. The fraction of sp³-hybridized carbons (Fsp3) is 0.600. The minimum atomic E-state index is -0.0105. The molecule has 2 rings (SSSR count). The van der Waals surface area contributed by atoms with Crippen LogP contribution in [-0.4, -0.2) is 48.1 Å². The minimum absolute atomic E-state index is 0.0105. The van der Waals surface area contributed by atoms with Crippen LogP contribution in [0.3, 0.4) is 0 Å². The summed E-state index contributed by atoms with van der Waals surface area (Å²) >= 11 is 1.43. The predicted octanol–water partition coefficient (Wildman–Crippen LogP) is 0.802. The van der Waals surface area contributed by atoms with E-state index < -0.39 is 0 Å². The van der Waals surface area contributed by atoms with Gasteiger partial charge in [0, 0.05) is 24.2 Å². The summed E-state index contributed by atoms with van der Waals surface area (Å²) in [5.41, 5.74) is 0. The lowest BCUT2D eigenvalue weighted by Crippen LogP contribution is -2.47. The van der Waals surface area contributed by atoms with Crippen LogP contribution in [0.5, 0.6) is 0 Å². The molecular weight excluding hydrogens is 226 g/mol. The van der Waals surface area contributed by atoms with E-state index in [-0.39, 0.29) is 5.91 Å². The number of morpholine rings is 1. The van der Waals surface area contributed by atoms with Gasteiger partial charge in [-0.2, -0.15) is 0 Å². The van der Waals surface area contributed by atoms with Crippen LogP contribution >= 0.6 is 11.3 Å². The first kappa shape index (κ1) is 11.5. The fourth-order valence-corrected chi connectivity index (χ4v) is 2.17. The molecule has 0 saturated carbocycles. The van der Waals surface area contributed by atoms with E-state index in [4.69, 9.17) is 4.74 Å². The topological polar surface area (TPSA) is 54.5 Å². The van der Waals surface area contributed by atoms with E-state index in [2.05, 4.69) is 22.1 Å². The van der Waals surface area contributed by atoms with E-state index in [1.54, 1.807) is 6.20 Å². The standard InChI is InChI=1S/C10H15N3O2S/c1-8-7-15-4-3-13(8)6-9(14)12-10-11-2-5-16-10/h2,5,8H,3-4,6-7H2,1H3,(H,11,12,14)/t8-/m1/s1. The lowest BCUT2D eigenvalue weighted by Gasteiger charge is -2.32. The Morgan fingerprint density at radius 2 is 2.69 bits per heavy atom. The molecule has 1 N–H and O–H groups in total. The van der Waals surface area contributed by atoms with Gasteiger partial charge in [0.05, 0.1) is 19.8 Å². The summed E-state index contributed by atoms with van der Waals surface area (Å²) in [5.74, 6) is -0.0105. The van der Waals surface area contributed by atoms with Crippen LogP contribution in [0.15, 0.2) is 11.6 Å². The number of amides is 1. The molecule has 0 unspecified atom stereocenters. The molecule has 1 fully saturated rings. The van der Waals surface area contributed by atoms with Crippen LogP contribution < -0.4 is 5.32 Å². The molecule has 0 aliphatic carbocycles. The zero-order chi connectivity index (χ0) is 11.4. The van der Waals surface area contributed by atoms with Crippen LogP contribution in [0.25, 0.3) is 0 Å². The smallest absolute Gasteiger partial charge is 0.240 e. The molecule has 5 nitrogen and oxygen atoms in total. The van der Waals surface area contributed by atoms with Crippen LogP contribution in [0.2, 0.25) is 0 Å². The number of nitrogens with one attached hydrogen (secondary N) is 1. The zero-order valence-corrected chi connectivity index (χ0v) is 10.00. The normalized spacial score (nSPS) is 21.9. The highest BCUT2D eigenvalue weighted by atomic mass is 32.1. The third-order valence-electron chi connectivity index (χ3n) is 2.53. The van der Waals surface area contributed by atoms with Gasteiger partial charge in [-0.25, -0.2) is 4.98 Å². The third kappa shape index (κ3) is 3.01. The highest BCUT2D eigenvalue weighted by Gasteiger charge is 2.21. The van der Waals surface area contributed by atoms with Crippen LogP contribution in [-0.2, 0) is 9.53 Å². The molecular formula is C10H15N3O2S. The van der Waals surface area contributed by atoms with Gasteiger partial charge >= 0.3 is 0 Å². The second-order valence-electron chi connectivity index (χ2n) is 3.78. The summed E-state index contributed by atoms with van der Waals surface area (Å²) in [6.07, 6.45) is 1.68. The van der Waals surface area contributed by atoms with Gasteiger partial charge in [0.15, 0.2) is 5.13 Å². The van der Waals surface area contributed by atoms with E-state index in [1.807, 2.05) is 5.38 Å². The lowest BCUT2D eigenvalue weighted by molar-refractivity contribution is -0.119. The van der Waals surface area contributed by atoms with Gasteiger partial charge in [-0.05, 0) is 6.92 Å². The Morgan fingerprint density at radius 1 is 1.81 bits per heavy atom. The second-order valence-corrected chi connectivity index (χ2v) is 4.67. The van der Waals surface area contributed by atoms with Crippen molar-refractivity contribution in [2.75, 3.05) is 31.6 Å². The number of hydrogen-bond donors (Lipinski definition) is 1. The van der Waals surface area contributed by atoms with Crippen molar-refractivity contribution in [2.24, 2.45) is 0 Å². The molecule has 0 spiro atoms. The van der Waals surface area contributed by atoms with E-state index >= 15 is 0 Å². The average Bonchev–Trinajstić information content (AvgIpc) is 2.74. The van der Waals surface area contributed by atoms with Crippen molar-refractivity contribution in [2.45, 2.75) is 13.0 Å².